The third-order valence-electron chi connectivity index (χ3n) is 2.48. The highest BCUT2D eigenvalue weighted by atomic mass is 15.3. The Kier molecular flexibility index (Phi) is 3.37. The van der Waals surface area contributed by atoms with Crippen molar-refractivity contribution in [3.05, 3.63) is 53.9 Å². The van der Waals surface area contributed by atoms with Crippen molar-refractivity contribution in [2.24, 2.45) is 5.73 Å². The molecule has 0 radical (unpaired) electrons. The van der Waals surface area contributed by atoms with E-state index in [1.54, 1.807) is 6.20 Å². The lowest BCUT2D eigenvalue weighted by Crippen LogP contribution is -2.17. The van der Waals surface area contributed by atoms with Crippen LogP contribution in [-0.2, 0) is 13.0 Å². The first kappa shape index (κ1) is 10.9. The van der Waals surface area contributed by atoms with E-state index in [1.807, 2.05) is 23.9 Å². The molecule has 0 saturated carbocycles. The number of hydrogen-bond acceptors (Lipinski definition) is 2. The largest absolute Gasteiger partial charge is 0.328 e. The minimum Gasteiger partial charge on any atom is -0.328 e. The van der Waals surface area contributed by atoms with Gasteiger partial charge >= 0.3 is 0 Å². The number of nitrogens with zero attached hydrogens (tertiary/aromatic N) is 2. The van der Waals surface area contributed by atoms with Crippen LogP contribution < -0.4 is 5.73 Å². The summed E-state index contributed by atoms with van der Waals surface area (Å²) in [4.78, 5) is 0. The Balaban J connectivity index is 2.02. The van der Waals surface area contributed by atoms with Gasteiger partial charge < -0.3 is 5.73 Å². The summed E-state index contributed by atoms with van der Waals surface area (Å²) in [5, 5.41) is 4.18. The van der Waals surface area contributed by atoms with E-state index in [0.29, 0.717) is 0 Å². The van der Waals surface area contributed by atoms with Crippen molar-refractivity contribution < 1.29 is 0 Å². The monoisotopic (exact) mass is 215 g/mol. The van der Waals surface area contributed by atoms with Gasteiger partial charge in [0.1, 0.15) is 0 Å². The predicted octanol–water partition coefficient (Wildman–Crippen LogP) is 1.82. The van der Waals surface area contributed by atoms with Gasteiger partial charge in [-0.1, -0.05) is 24.3 Å². The minimum absolute atomic E-state index is 0.219. The molecule has 0 fully saturated rings. The Morgan fingerprint density at radius 3 is 2.50 bits per heavy atom. The summed E-state index contributed by atoms with van der Waals surface area (Å²) in [5.41, 5.74) is 8.31. The molecular formula is C13H17N3. The molecule has 1 atom stereocenters. The lowest BCUT2D eigenvalue weighted by molar-refractivity contribution is 0.685. The highest BCUT2D eigenvalue weighted by Gasteiger charge is 1.99. The van der Waals surface area contributed by atoms with Gasteiger partial charge in [0.2, 0.25) is 0 Å². The summed E-state index contributed by atoms with van der Waals surface area (Å²) < 4.78 is 1.92. The summed E-state index contributed by atoms with van der Waals surface area (Å²) in [5.74, 6) is 0. The molecule has 2 N–H and O–H groups in total. The van der Waals surface area contributed by atoms with E-state index < -0.39 is 0 Å². The molecule has 1 aromatic heterocycles. The average molecular weight is 215 g/mol. The SMILES string of the molecule is CC(N)Cc1ccc(Cn2cccn2)cc1. The van der Waals surface area contributed by atoms with E-state index in [9.17, 15) is 0 Å². The smallest absolute Gasteiger partial charge is 0.0659 e. The number of hydrogen-bond donors (Lipinski definition) is 1. The first-order valence-corrected chi connectivity index (χ1v) is 5.55. The van der Waals surface area contributed by atoms with Crippen molar-refractivity contribution in [1.29, 1.82) is 0 Å². The van der Waals surface area contributed by atoms with Gasteiger partial charge in [0.25, 0.3) is 0 Å². The molecule has 1 unspecified atom stereocenters. The quantitative estimate of drug-likeness (QED) is 0.845. The normalized spacial score (nSPS) is 12.6. The fourth-order valence-corrected chi connectivity index (χ4v) is 1.73. The summed E-state index contributed by atoms with van der Waals surface area (Å²) in [6, 6.07) is 10.7. The minimum atomic E-state index is 0.219. The number of aromatic nitrogens is 2. The molecule has 0 bridgehead atoms. The van der Waals surface area contributed by atoms with E-state index in [2.05, 4.69) is 29.4 Å². The molecular weight excluding hydrogens is 198 g/mol. The van der Waals surface area contributed by atoms with Crippen molar-refractivity contribution >= 4 is 0 Å². The van der Waals surface area contributed by atoms with Gasteiger partial charge in [-0.25, -0.2) is 0 Å². The Morgan fingerprint density at radius 1 is 1.25 bits per heavy atom. The lowest BCUT2D eigenvalue weighted by Gasteiger charge is -2.06. The van der Waals surface area contributed by atoms with E-state index >= 15 is 0 Å². The molecule has 1 heterocycles. The van der Waals surface area contributed by atoms with Crippen LogP contribution in [0.5, 0.6) is 0 Å². The van der Waals surface area contributed by atoms with E-state index in [4.69, 9.17) is 5.73 Å². The van der Waals surface area contributed by atoms with E-state index in [-0.39, 0.29) is 6.04 Å². The molecule has 2 rings (SSSR count). The van der Waals surface area contributed by atoms with Crippen LogP contribution in [0.1, 0.15) is 18.1 Å². The van der Waals surface area contributed by atoms with Crippen molar-refractivity contribution in [2.45, 2.75) is 25.9 Å². The zero-order chi connectivity index (χ0) is 11.4. The van der Waals surface area contributed by atoms with Gasteiger partial charge in [-0.2, -0.15) is 5.10 Å². The summed E-state index contributed by atoms with van der Waals surface area (Å²) in [6.45, 7) is 2.85. The van der Waals surface area contributed by atoms with Gasteiger partial charge in [0.05, 0.1) is 6.54 Å². The highest BCUT2D eigenvalue weighted by Crippen LogP contribution is 2.07. The maximum absolute atomic E-state index is 5.76. The third-order valence-corrected chi connectivity index (χ3v) is 2.48. The lowest BCUT2D eigenvalue weighted by atomic mass is 10.1. The Morgan fingerprint density at radius 2 is 1.94 bits per heavy atom. The Hall–Kier alpha value is -1.61. The van der Waals surface area contributed by atoms with Gasteiger partial charge in [-0.3, -0.25) is 4.68 Å². The fourth-order valence-electron chi connectivity index (χ4n) is 1.73. The van der Waals surface area contributed by atoms with Crippen LogP contribution in [0, 0.1) is 0 Å². The van der Waals surface area contributed by atoms with Gasteiger partial charge in [0, 0.05) is 18.4 Å². The van der Waals surface area contributed by atoms with Crippen molar-refractivity contribution in [2.75, 3.05) is 0 Å². The van der Waals surface area contributed by atoms with E-state index in [1.165, 1.54) is 11.1 Å². The molecule has 84 valence electrons. The molecule has 0 aliphatic rings. The van der Waals surface area contributed by atoms with Crippen LogP contribution in [-0.4, -0.2) is 15.8 Å². The van der Waals surface area contributed by atoms with Gasteiger partial charge in [0.15, 0.2) is 0 Å². The predicted molar refractivity (Wildman–Crippen MR) is 65.1 cm³/mol. The highest BCUT2D eigenvalue weighted by molar-refractivity contribution is 5.23. The van der Waals surface area contributed by atoms with Crippen molar-refractivity contribution in [3.63, 3.8) is 0 Å². The molecule has 2 aromatic rings. The third kappa shape index (κ3) is 2.94. The first-order valence-electron chi connectivity index (χ1n) is 5.55. The zero-order valence-electron chi connectivity index (χ0n) is 9.50. The summed E-state index contributed by atoms with van der Waals surface area (Å²) in [6.07, 6.45) is 4.70. The number of nitrogens with two attached hydrogens (primary N) is 1. The van der Waals surface area contributed by atoms with Gasteiger partial charge in [-0.15, -0.1) is 0 Å². The average Bonchev–Trinajstić information content (AvgIpc) is 2.73. The second-order valence-electron chi connectivity index (χ2n) is 4.20. The molecule has 0 spiro atoms. The molecule has 3 heteroatoms. The van der Waals surface area contributed by atoms with Crippen LogP contribution in [0.25, 0.3) is 0 Å². The topological polar surface area (TPSA) is 43.8 Å². The fraction of sp³-hybridized carbons (Fsp3) is 0.308. The standard InChI is InChI=1S/C13H17N3/c1-11(14)9-12-3-5-13(6-4-12)10-16-8-2-7-15-16/h2-8,11H,9-10,14H2,1H3. The van der Waals surface area contributed by atoms with Crippen molar-refractivity contribution in [3.8, 4) is 0 Å². The Bertz CT molecular complexity index is 415. The molecule has 1 aromatic carbocycles. The zero-order valence-corrected chi connectivity index (χ0v) is 9.50. The Labute approximate surface area is 95.9 Å². The molecule has 16 heavy (non-hydrogen) atoms. The first-order chi connectivity index (χ1) is 7.74. The van der Waals surface area contributed by atoms with Gasteiger partial charge in [-0.05, 0) is 30.5 Å². The van der Waals surface area contributed by atoms with E-state index in [0.717, 1.165) is 13.0 Å². The van der Waals surface area contributed by atoms with Crippen LogP contribution >= 0.6 is 0 Å². The number of rotatable bonds is 4. The summed E-state index contributed by atoms with van der Waals surface area (Å²) >= 11 is 0. The number of benzene rings is 1. The van der Waals surface area contributed by atoms with Crippen LogP contribution in [0.3, 0.4) is 0 Å². The second-order valence-corrected chi connectivity index (χ2v) is 4.20. The van der Waals surface area contributed by atoms with Crippen LogP contribution in [0.2, 0.25) is 0 Å². The molecule has 0 saturated heterocycles. The van der Waals surface area contributed by atoms with Crippen LogP contribution in [0.15, 0.2) is 42.7 Å². The molecule has 3 nitrogen and oxygen atoms in total. The molecule has 0 amide bonds. The second kappa shape index (κ2) is 4.94. The molecule has 0 aliphatic carbocycles. The maximum atomic E-state index is 5.76. The summed E-state index contributed by atoms with van der Waals surface area (Å²) in [7, 11) is 0. The maximum Gasteiger partial charge on any atom is 0.0659 e. The molecule has 0 aliphatic heterocycles. The van der Waals surface area contributed by atoms with Crippen molar-refractivity contribution in [1.82, 2.24) is 9.78 Å². The van der Waals surface area contributed by atoms with Crippen LogP contribution in [0.4, 0.5) is 0 Å².